The molecule has 1 aromatic carbocycles. The van der Waals surface area contributed by atoms with E-state index in [2.05, 4.69) is 30.7 Å². The zero-order valence-corrected chi connectivity index (χ0v) is 10.5. The van der Waals surface area contributed by atoms with E-state index in [4.69, 9.17) is 5.53 Å². The summed E-state index contributed by atoms with van der Waals surface area (Å²) < 4.78 is 5.17. The maximum absolute atomic E-state index is 11.5. The third-order valence-corrected chi connectivity index (χ3v) is 2.49. The van der Waals surface area contributed by atoms with Gasteiger partial charge in [-0.2, -0.15) is 0 Å². The Hall–Kier alpha value is -1.85. The maximum Gasteiger partial charge on any atom is 0.310 e. The van der Waals surface area contributed by atoms with Crippen molar-refractivity contribution in [3.05, 3.63) is 44.2 Å². The van der Waals surface area contributed by atoms with Crippen LogP contribution in [0.1, 0.15) is 15.9 Å². The van der Waals surface area contributed by atoms with Gasteiger partial charge in [0.2, 0.25) is 5.91 Å². The largest absolute Gasteiger partial charge is 0.469 e. The van der Waals surface area contributed by atoms with Crippen LogP contribution in [0.4, 0.5) is 0 Å². The molecule has 0 unspecified atom stereocenters. The molecule has 88 valence electrons. The summed E-state index contributed by atoms with van der Waals surface area (Å²) in [6.07, 6.45) is -0.0498. The number of methoxy groups -OCH3 is 1. The first kappa shape index (κ1) is 13.2. The first-order chi connectivity index (χ1) is 8.08. The molecule has 7 heteroatoms. The molecule has 6 nitrogen and oxygen atoms in total. The lowest BCUT2D eigenvalue weighted by Gasteiger charge is -2.05. The Morgan fingerprint density at radius 2 is 2.24 bits per heavy atom. The summed E-state index contributed by atoms with van der Waals surface area (Å²) in [5, 5.41) is 3.00. The quantitative estimate of drug-likeness (QED) is 0.371. The fraction of sp³-hybridized carbons (Fsp3) is 0.200. The Morgan fingerprint density at radius 1 is 1.53 bits per heavy atom. The average Bonchev–Trinajstić information content (AvgIpc) is 2.31. The van der Waals surface area contributed by atoms with Gasteiger partial charge in [0, 0.05) is 14.9 Å². The average molecular weight is 298 g/mol. The number of halogens is 1. The van der Waals surface area contributed by atoms with E-state index in [0.717, 1.165) is 0 Å². The predicted octanol–water partition coefficient (Wildman–Crippen LogP) is 2.62. The van der Waals surface area contributed by atoms with Crippen molar-refractivity contribution in [2.75, 3.05) is 7.11 Å². The Bertz CT molecular complexity index is 510. The van der Waals surface area contributed by atoms with Gasteiger partial charge in [-0.15, -0.1) is 0 Å². The van der Waals surface area contributed by atoms with Crippen LogP contribution < -0.4 is 0 Å². The van der Waals surface area contributed by atoms with Crippen LogP contribution in [0, 0.1) is 0 Å². The summed E-state index contributed by atoms with van der Waals surface area (Å²) in [6.45, 7) is 0. The van der Waals surface area contributed by atoms with Crippen LogP contribution in [0.5, 0.6) is 0 Å². The summed E-state index contributed by atoms with van der Waals surface area (Å²) in [5.41, 5.74) is 8.86. The molecule has 1 rings (SSSR count). The van der Waals surface area contributed by atoms with Crippen LogP contribution >= 0.6 is 15.9 Å². The molecule has 1 aromatic rings. The molecule has 0 fully saturated rings. The van der Waals surface area contributed by atoms with E-state index in [-0.39, 0.29) is 12.0 Å². The maximum atomic E-state index is 11.5. The number of rotatable bonds is 3. The van der Waals surface area contributed by atoms with E-state index in [9.17, 15) is 9.59 Å². The molecule has 1 amide bonds. The van der Waals surface area contributed by atoms with Gasteiger partial charge in [0.1, 0.15) is 0 Å². The van der Waals surface area contributed by atoms with Crippen LogP contribution in [0.3, 0.4) is 0 Å². The molecule has 0 saturated heterocycles. The molecule has 0 aliphatic heterocycles. The second kappa shape index (κ2) is 6.03. The lowest BCUT2D eigenvalue weighted by Crippen LogP contribution is -2.09. The highest BCUT2D eigenvalue weighted by atomic mass is 79.9. The first-order valence-electron chi connectivity index (χ1n) is 4.53. The highest BCUT2D eigenvalue weighted by Gasteiger charge is 2.13. The minimum atomic E-state index is -0.729. The number of azide groups is 1. The Labute approximate surface area is 105 Å². The van der Waals surface area contributed by atoms with Crippen LogP contribution in [-0.2, 0) is 16.0 Å². The summed E-state index contributed by atoms with van der Waals surface area (Å²) >= 11 is 3.20. The van der Waals surface area contributed by atoms with Gasteiger partial charge in [-0.3, -0.25) is 9.59 Å². The topological polar surface area (TPSA) is 92.1 Å². The van der Waals surface area contributed by atoms with E-state index in [1.165, 1.54) is 13.2 Å². The van der Waals surface area contributed by atoms with Gasteiger partial charge in [0.05, 0.1) is 13.5 Å². The SMILES string of the molecule is COC(=O)Cc1ccc(Br)cc1C(=O)N=[N+]=[N-]. The molecule has 0 heterocycles. The number of benzene rings is 1. The van der Waals surface area contributed by atoms with Gasteiger partial charge >= 0.3 is 5.97 Å². The number of esters is 1. The standard InChI is InChI=1S/C10H8BrN3O3/c1-17-9(15)4-6-2-3-7(11)5-8(6)10(16)13-14-12/h2-3,5H,4H2,1H3. The number of carbonyl (C=O) groups excluding carboxylic acids is 2. The lowest BCUT2D eigenvalue weighted by molar-refractivity contribution is -0.139. The van der Waals surface area contributed by atoms with Crippen molar-refractivity contribution < 1.29 is 14.3 Å². The monoisotopic (exact) mass is 297 g/mol. The smallest absolute Gasteiger partial charge is 0.310 e. The predicted molar refractivity (Wildman–Crippen MR) is 63.3 cm³/mol. The van der Waals surface area contributed by atoms with Crippen LogP contribution in [-0.4, -0.2) is 19.0 Å². The molecule has 0 saturated carbocycles. The van der Waals surface area contributed by atoms with Gasteiger partial charge in [-0.05, 0) is 28.3 Å². The molecule has 17 heavy (non-hydrogen) atoms. The third-order valence-electron chi connectivity index (χ3n) is 2.00. The van der Waals surface area contributed by atoms with E-state index >= 15 is 0 Å². The normalized spacial score (nSPS) is 9.29. The lowest BCUT2D eigenvalue weighted by atomic mass is 10.0. The molecule has 0 N–H and O–H groups in total. The van der Waals surface area contributed by atoms with Crippen molar-refractivity contribution in [3.8, 4) is 0 Å². The number of nitrogens with zero attached hydrogens (tertiary/aromatic N) is 3. The van der Waals surface area contributed by atoms with E-state index < -0.39 is 11.9 Å². The molecule has 0 aliphatic rings. The molecular formula is C10H8BrN3O3. The first-order valence-corrected chi connectivity index (χ1v) is 5.32. The van der Waals surface area contributed by atoms with Crippen LogP contribution in [0.2, 0.25) is 0 Å². The van der Waals surface area contributed by atoms with Crippen molar-refractivity contribution >= 4 is 27.8 Å². The fourth-order valence-corrected chi connectivity index (χ4v) is 1.59. The molecule has 0 spiro atoms. The van der Waals surface area contributed by atoms with E-state index in [0.29, 0.717) is 10.0 Å². The van der Waals surface area contributed by atoms with Gasteiger partial charge in [-0.1, -0.05) is 22.0 Å². The van der Waals surface area contributed by atoms with E-state index in [1.807, 2.05) is 0 Å². The van der Waals surface area contributed by atoms with Gasteiger partial charge < -0.3 is 4.74 Å². The van der Waals surface area contributed by atoms with E-state index in [1.54, 1.807) is 12.1 Å². The third kappa shape index (κ3) is 3.58. The Balaban J connectivity index is 3.16. The van der Waals surface area contributed by atoms with Crippen LogP contribution in [0.25, 0.3) is 10.4 Å². The molecular weight excluding hydrogens is 290 g/mol. The zero-order chi connectivity index (χ0) is 12.8. The molecule has 0 aromatic heterocycles. The molecule has 0 atom stereocenters. The number of ether oxygens (including phenoxy) is 1. The van der Waals surface area contributed by atoms with Crippen molar-refractivity contribution in [2.24, 2.45) is 5.11 Å². The highest BCUT2D eigenvalue weighted by Crippen LogP contribution is 2.18. The van der Waals surface area contributed by atoms with Gasteiger partial charge in [0.15, 0.2) is 0 Å². The molecule has 0 bridgehead atoms. The minimum absolute atomic E-state index is 0.0498. The van der Waals surface area contributed by atoms with Crippen molar-refractivity contribution in [3.63, 3.8) is 0 Å². The highest BCUT2D eigenvalue weighted by molar-refractivity contribution is 9.10. The fourth-order valence-electron chi connectivity index (χ4n) is 1.22. The van der Waals surface area contributed by atoms with Crippen molar-refractivity contribution in [1.29, 1.82) is 0 Å². The molecule has 0 radical (unpaired) electrons. The number of hydrogen-bond acceptors (Lipinski definition) is 3. The second-order valence-electron chi connectivity index (χ2n) is 3.05. The minimum Gasteiger partial charge on any atom is -0.469 e. The van der Waals surface area contributed by atoms with Crippen LogP contribution in [0.15, 0.2) is 27.8 Å². The summed E-state index contributed by atoms with van der Waals surface area (Å²) in [7, 11) is 1.26. The summed E-state index contributed by atoms with van der Waals surface area (Å²) in [4.78, 5) is 25.1. The Kier molecular flexibility index (Phi) is 4.68. The summed E-state index contributed by atoms with van der Waals surface area (Å²) in [6, 6.07) is 4.78. The van der Waals surface area contributed by atoms with Crippen molar-refractivity contribution in [1.82, 2.24) is 0 Å². The zero-order valence-electron chi connectivity index (χ0n) is 8.88. The van der Waals surface area contributed by atoms with Crippen molar-refractivity contribution in [2.45, 2.75) is 6.42 Å². The number of amides is 1. The molecule has 0 aliphatic carbocycles. The second-order valence-corrected chi connectivity index (χ2v) is 3.96. The summed E-state index contributed by atoms with van der Waals surface area (Å²) in [5.74, 6) is -1.20. The Morgan fingerprint density at radius 3 is 2.82 bits per heavy atom. The van der Waals surface area contributed by atoms with Gasteiger partial charge in [-0.25, -0.2) is 0 Å². The van der Waals surface area contributed by atoms with Gasteiger partial charge in [0.25, 0.3) is 0 Å². The number of carbonyl (C=O) groups is 2. The number of hydrogen-bond donors (Lipinski definition) is 0.